The molecule has 2 unspecified atom stereocenters. The number of aryl methyl sites for hydroxylation is 1. The van der Waals surface area contributed by atoms with E-state index in [2.05, 4.69) is 42.5 Å². The molecule has 80 valence electrons. The predicted molar refractivity (Wildman–Crippen MR) is 62.7 cm³/mol. The molecule has 2 atom stereocenters. The van der Waals surface area contributed by atoms with Crippen LogP contribution in [-0.4, -0.2) is 28.2 Å². The van der Waals surface area contributed by atoms with Gasteiger partial charge < -0.3 is 5.32 Å². The molecule has 1 heterocycles. The van der Waals surface area contributed by atoms with Crippen LogP contribution in [0.25, 0.3) is 0 Å². The fraction of sp³-hybridized carbons (Fsp3) is 0.700. The monoisotopic (exact) mass is 213 g/mol. The molecule has 0 fully saturated rings. The molecule has 0 radical (unpaired) electrons. The van der Waals surface area contributed by atoms with Crippen molar-refractivity contribution in [2.75, 3.05) is 12.8 Å². The van der Waals surface area contributed by atoms with E-state index in [1.165, 1.54) is 5.56 Å². The topological polar surface area (TPSA) is 40.7 Å². The van der Waals surface area contributed by atoms with Crippen LogP contribution < -0.4 is 5.32 Å². The quantitative estimate of drug-likeness (QED) is 0.787. The maximum atomic E-state index is 4.02. The van der Waals surface area contributed by atoms with Crippen LogP contribution in [0.15, 0.2) is 6.20 Å². The van der Waals surface area contributed by atoms with Crippen molar-refractivity contribution < 1.29 is 0 Å². The molecule has 1 aromatic rings. The molecule has 0 aliphatic carbocycles. The van der Waals surface area contributed by atoms with E-state index in [9.17, 15) is 0 Å². The highest BCUT2D eigenvalue weighted by Gasteiger charge is 2.10. The van der Waals surface area contributed by atoms with Crippen LogP contribution in [0.4, 0.5) is 0 Å². The molecule has 0 saturated carbocycles. The highest BCUT2D eigenvalue weighted by Crippen LogP contribution is 2.14. The predicted octanol–water partition coefficient (Wildman–Crippen LogP) is 2.12. The molecule has 0 aromatic carbocycles. The standard InChI is InChI=1S/C10H19N3S/c1-7(14-4)5-11-8(2)10-6-12-13-9(10)3/h6-8,11H,5H2,1-4H3,(H,12,13). The number of thioether (sulfide) groups is 1. The second-order valence-corrected chi connectivity index (χ2v) is 4.90. The largest absolute Gasteiger partial charge is 0.309 e. The van der Waals surface area contributed by atoms with Gasteiger partial charge in [0, 0.05) is 29.1 Å². The van der Waals surface area contributed by atoms with E-state index < -0.39 is 0 Å². The molecule has 0 bridgehead atoms. The van der Waals surface area contributed by atoms with Crippen molar-refractivity contribution in [2.45, 2.75) is 32.1 Å². The molecular weight excluding hydrogens is 194 g/mol. The highest BCUT2D eigenvalue weighted by atomic mass is 32.2. The maximum Gasteiger partial charge on any atom is 0.0537 e. The Morgan fingerprint density at radius 2 is 2.29 bits per heavy atom. The van der Waals surface area contributed by atoms with Crippen molar-refractivity contribution >= 4 is 11.8 Å². The normalized spacial score (nSPS) is 15.4. The summed E-state index contributed by atoms with van der Waals surface area (Å²) in [6.07, 6.45) is 4.04. The van der Waals surface area contributed by atoms with Gasteiger partial charge in [0.1, 0.15) is 0 Å². The molecule has 0 aliphatic heterocycles. The fourth-order valence-corrected chi connectivity index (χ4v) is 1.60. The van der Waals surface area contributed by atoms with Crippen molar-refractivity contribution in [1.29, 1.82) is 0 Å². The van der Waals surface area contributed by atoms with Crippen molar-refractivity contribution in [3.05, 3.63) is 17.5 Å². The number of nitrogens with one attached hydrogen (secondary N) is 2. The minimum Gasteiger partial charge on any atom is -0.309 e. The van der Waals surface area contributed by atoms with Gasteiger partial charge in [-0.05, 0) is 20.1 Å². The Morgan fingerprint density at radius 1 is 1.57 bits per heavy atom. The Morgan fingerprint density at radius 3 is 2.79 bits per heavy atom. The van der Waals surface area contributed by atoms with E-state index in [-0.39, 0.29) is 0 Å². The first-order valence-corrected chi connectivity index (χ1v) is 6.20. The molecule has 14 heavy (non-hydrogen) atoms. The average molecular weight is 213 g/mol. The number of aromatic nitrogens is 2. The summed E-state index contributed by atoms with van der Waals surface area (Å²) in [5.41, 5.74) is 2.42. The van der Waals surface area contributed by atoms with Crippen molar-refractivity contribution in [1.82, 2.24) is 15.5 Å². The molecule has 4 heteroatoms. The van der Waals surface area contributed by atoms with E-state index in [0.29, 0.717) is 11.3 Å². The van der Waals surface area contributed by atoms with E-state index in [1.54, 1.807) is 0 Å². The first-order valence-electron chi connectivity index (χ1n) is 4.91. The number of aromatic amines is 1. The van der Waals surface area contributed by atoms with Gasteiger partial charge in [-0.25, -0.2) is 0 Å². The summed E-state index contributed by atoms with van der Waals surface area (Å²) >= 11 is 1.88. The lowest BCUT2D eigenvalue weighted by molar-refractivity contribution is 0.574. The lowest BCUT2D eigenvalue weighted by Crippen LogP contribution is -2.25. The molecule has 1 aromatic heterocycles. The lowest BCUT2D eigenvalue weighted by atomic mass is 10.1. The Kier molecular flexibility index (Phi) is 4.48. The van der Waals surface area contributed by atoms with Gasteiger partial charge in [-0.15, -0.1) is 0 Å². The summed E-state index contributed by atoms with van der Waals surface area (Å²) in [5, 5.41) is 11.1. The number of H-pyrrole nitrogens is 1. The molecular formula is C10H19N3S. The van der Waals surface area contributed by atoms with Gasteiger partial charge in [0.05, 0.1) is 6.20 Å². The zero-order valence-corrected chi connectivity index (χ0v) is 10.1. The Bertz CT molecular complexity index is 272. The third kappa shape index (κ3) is 3.03. The first kappa shape index (κ1) is 11.6. The van der Waals surface area contributed by atoms with E-state index >= 15 is 0 Å². The molecule has 0 saturated heterocycles. The van der Waals surface area contributed by atoms with Gasteiger partial charge in [-0.3, -0.25) is 5.10 Å². The fourth-order valence-electron chi connectivity index (χ4n) is 1.33. The second kappa shape index (κ2) is 5.41. The van der Waals surface area contributed by atoms with Crippen LogP contribution in [0.1, 0.15) is 31.1 Å². The second-order valence-electron chi connectivity index (χ2n) is 3.63. The summed E-state index contributed by atoms with van der Waals surface area (Å²) < 4.78 is 0. The van der Waals surface area contributed by atoms with Crippen LogP contribution in [0, 0.1) is 6.92 Å². The van der Waals surface area contributed by atoms with Crippen LogP contribution >= 0.6 is 11.8 Å². The summed E-state index contributed by atoms with van der Waals surface area (Å²) in [6, 6.07) is 0.378. The van der Waals surface area contributed by atoms with Crippen LogP contribution in [-0.2, 0) is 0 Å². The summed E-state index contributed by atoms with van der Waals surface area (Å²) in [7, 11) is 0. The van der Waals surface area contributed by atoms with Gasteiger partial charge in [0.15, 0.2) is 0 Å². The molecule has 0 spiro atoms. The van der Waals surface area contributed by atoms with Gasteiger partial charge in [-0.1, -0.05) is 6.92 Å². The third-order valence-corrected chi connectivity index (χ3v) is 3.42. The minimum atomic E-state index is 0.378. The van der Waals surface area contributed by atoms with E-state index in [4.69, 9.17) is 0 Å². The van der Waals surface area contributed by atoms with Crippen molar-refractivity contribution in [3.63, 3.8) is 0 Å². The van der Waals surface area contributed by atoms with Crippen molar-refractivity contribution in [3.8, 4) is 0 Å². The molecule has 2 N–H and O–H groups in total. The van der Waals surface area contributed by atoms with Crippen LogP contribution in [0.5, 0.6) is 0 Å². The summed E-state index contributed by atoms with van der Waals surface area (Å²) in [6.45, 7) is 7.49. The molecule has 1 rings (SSSR count). The average Bonchev–Trinajstić information content (AvgIpc) is 2.60. The third-order valence-electron chi connectivity index (χ3n) is 2.45. The minimum absolute atomic E-state index is 0.378. The number of hydrogen-bond donors (Lipinski definition) is 2. The Hall–Kier alpha value is -0.480. The lowest BCUT2D eigenvalue weighted by Gasteiger charge is -2.15. The van der Waals surface area contributed by atoms with Crippen LogP contribution in [0.2, 0.25) is 0 Å². The first-order chi connectivity index (χ1) is 6.65. The Balaban J connectivity index is 2.43. The smallest absolute Gasteiger partial charge is 0.0537 e. The molecule has 0 amide bonds. The Labute approximate surface area is 90.1 Å². The van der Waals surface area contributed by atoms with E-state index in [1.807, 2.05) is 18.0 Å². The number of rotatable bonds is 5. The highest BCUT2D eigenvalue weighted by molar-refractivity contribution is 7.99. The summed E-state index contributed by atoms with van der Waals surface area (Å²) in [4.78, 5) is 0. The number of nitrogens with zero attached hydrogens (tertiary/aromatic N) is 1. The van der Waals surface area contributed by atoms with Crippen molar-refractivity contribution in [2.24, 2.45) is 0 Å². The zero-order chi connectivity index (χ0) is 10.6. The van der Waals surface area contributed by atoms with E-state index in [0.717, 1.165) is 12.2 Å². The summed E-state index contributed by atoms with van der Waals surface area (Å²) in [5.74, 6) is 0. The SMILES string of the molecule is CSC(C)CNC(C)c1cn[nH]c1C. The molecule has 3 nitrogen and oxygen atoms in total. The van der Waals surface area contributed by atoms with Crippen LogP contribution in [0.3, 0.4) is 0 Å². The zero-order valence-electron chi connectivity index (χ0n) is 9.29. The molecule has 0 aliphatic rings. The number of hydrogen-bond acceptors (Lipinski definition) is 3. The van der Waals surface area contributed by atoms with Gasteiger partial charge in [-0.2, -0.15) is 16.9 Å². The maximum absolute atomic E-state index is 4.02. The van der Waals surface area contributed by atoms with Gasteiger partial charge in [0.2, 0.25) is 0 Å². The van der Waals surface area contributed by atoms with Gasteiger partial charge >= 0.3 is 0 Å². The van der Waals surface area contributed by atoms with Gasteiger partial charge in [0.25, 0.3) is 0 Å².